The quantitative estimate of drug-likeness (QED) is 0.491. The molecule has 152 valence electrons. The minimum atomic E-state index is 0.458. The highest BCUT2D eigenvalue weighted by molar-refractivity contribution is 5.81. The molecule has 0 saturated heterocycles. The molecule has 0 bridgehead atoms. The fraction of sp³-hybridized carbons (Fsp3) is 0.519. The van der Waals surface area contributed by atoms with Gasteiger partial charge in [0.1, 0.15) is 5.78 Å². The van der Waals surface area contributed by atoms with E-state index in [1.807, 2.05) is 6.92 Å². The van der Waals surface area contributed by atoms with Crippen molar-refractivity contribution in [3.63, 3.8) is 0 Å². The van der Waals surface area contributed by atoms with E-state index in [2.05, 4.69) is 70.2 Å². The molecule has 0 aliphatic heterocycles. The molecule has 2 aromatic carbocycles. The molecule has 2 aromatic rings. The van der Waals surface area contributed by atoms with Crippen LogP contribution < -0.4 is 0 Å². The van der Waals surface area contributed by atoms with Crippen molar-refractivity contribution < 1.29 is 4.79 Å². The average Bonchev–Trinajstić information content (AvgIpc) is 2.66. The molecule has 1 unspecified atom stereocenters. The third-order valence-electron chi connectivity index (χ3n) is 6.21. The van der Waals surface area contributed by atoms with Gasteiger partial charge in [-0.25, -0.2) is 0 Å². The lowest BCUT2D eigenvalue weighted by Gasteiger charge is -2.22. The van der Waals surface area contributed by atoms with Gasteiger partial charge >= 0.3 is 0 Å². The van der Waals surface area contributed by atoms with Gasteiger partial charge in [0.15, 0.2) is 0 Å². The van der Waals surface area contributed by atoms with Gasteiger partial charge in [0.05, 0.1) is 0 Å². The number of ketones is 1. The molecule has 3 rings (SSSR count). The summed E-state index contributed by atoms with van der Waals surface area (Å²) in [7, 11) is 0. The van der Waals surface area contributed by atoms with Crippen molar-refractivity contribution >= 4 is 5.78 Å². The first-order chi connectivity index (χ1) is 13.4. The predicted molar refractivity (Wildman–Crippen MR) is 121 cm³/mol. The molecule has 28 heavy (non-hydrogen) atoms. The standard InChI is InChI=1S/C20H26.C7H12O/c1-5-16(3)20-13-12-19(14-17(20)4)11-10-18-8-6-15(2)7-9-18;1-2-7(8)6-4-3-5-6/h6-9,12-14,16H,5,10-11H2,1-4H3;6H,2-5H2,1H3. The minimum absolute atomic E-state index is 0.458. The third-order valence-corrected chi connectivity index (χ3v) is 6.21. The van der Waals surface area contributed by atoms with Gasteiger partial charge in [0.25, 0.3) is 0 Å². The highest BCUT2D eigenvalue weighted by Gasteiger charge is 2.22. The van der Waals surface area contributed by atoms with Crippen LogP contribution in [0.3, 0.4) is 0 Å². The summed E-state index contributed by atoms with van der Waals surface area (Å²) in [6.07, 6.45) is 7.80. The number of hydrogen-bond acceptors (Lipinski definition) is 1. The summed E-state index contributed by atoms with van der Waals surface area (Å²) < 4.78 is 0. The molecule has 0 heterocycles. The van der Waals surface area contributed by atoms with Crippen LogP contribution in [-0.4, -0.2) is 5.78 Å². The second-order valence-electron chi connectivity index (χ2n) is 8.43. The fourth-order valence-corrected chi connectivity index (χ4v) is 3.73. The van der Waals surface area contributed by atoms with E-state index >= 15 is 0 Å². The summed E-state index contributed by atoms with van der Waals surface area (Å²) >= 11 is 0. The van der Waals surface area contributed by atoms with Gasteiger partial charge < -0.3 is 0 Å². The zero-order valence-electron chi connectivity index (χ0n) is 18.6. The fourth-order valence-electron chi connectivity index (χ4n) is 3.73. The van der Waals surface area contributed by atoms with Crippen molar-refractivity contribution in [2.45, 2.75) is 85.5 Å². The monoisotopic (exact) mass is 378 g/mol. The molecule has 0 amide bonds. The lowest BCUT2D eigenvalue weighted by Crippen LogP contribution is -2.20. The highest BCUT2D eigenvalue weighted by atomic mass is 16.1. The Hall–Kier alpha value is -1.89. The summed E-state index contributed by atoms with van der Waals surface area (Å²) in [5, 5.41) is 0. The van der Waals surface area contributed by atoms with Crippen LogP contribution in [0.25, 0.3) is 0 Å². The van der Waals surface area contributed by atoms with Crippen molar-refractivity contribution in [1.82, 2.24) is 0 Å². The Balaban J connectivity index is 0.000000292. The maximum atomic E-state index is 10.8. The second kappa shape index (κ2) is 11.2. The zero-order valence-corrected chi connectivity index (χ0v) is 18.6. The Morgan fingerprint density at radius 1 is 0.964 bits per heavy atom. The van der Waals surface area contributed by atoms with Crippen molar-refractivity contribution in [3.8, 4) is 0 Å². The van der Waals surface area contributed by atoms with E-state index < -0.39 is 0 Å². The van der Waals surface area contributed by atoms with Crippen LogP contribution in [0.4, 0.5) is 0 Å². The van der Waals surface area contributed by atoms with E-state index in [1.165, 1.54) is 40.7 Å². The second-order valence-corrected chi connectivity index (χ2v) is 8.43. The number of carbonyl (C=O) groups is 1. The van der Waals surface area contributed by atoms with E-state index in [9.17, 15) is 4.79 Å². The van der Waals surface area contributed by atoms with Crippen molar-refractivity contribution in [2.24, 2.45) is 5.92 Å². The SMILES string of the molecule is CCC(=O)C1CCC1.CCC(C)c1ccc(CCc2ccc(C)cc2)cc1C. The van der Waals surface area contributed by atoms with Gasteiger partial charge in [-0.05, 0) is 74.1 Å². The maximum Gasteiger partial charge on any atom is 0.135 e. The lowest BCUT2D eigenvalue weighted by atomic mass is 9.81. The number of hydrogen-bond donors (Lipinski definition) is 0. The van der Waals surface area contributed by atoms with Gasteiger partial charge in [-0.3, -0.25) is 4.79 Å². The molecule has 0 spiro atoms. The summed E-state index contributed by atoms with van der Waals surface area (Å²) in [5.74, 6) is 1.59. The average molecular weight is 379 g/mol. The topological polar surface area (TPSA) is 17.1 Å². The summed E-state index contributed by atoms with van der Waals surface area (Å²) in [6, 6.07) is 15.9. The van der Waals surface area contributed by atoms with E-state index in [-0.39, 0.29) is 0 Å². The molecule has 1 aliphatic rings. The molecule has 1 heteroatoms. The van der Waals surface area contributed by atoms with Crippen LogP contribution in [0, 0.1) is 19.8 Å². The molecule has 1 nitrogen and oxygen atoms in total. The Kier molecular flexibility index (Phi) is 8.96. The van der Waals surface area contributed by atoms with Crippen LogP contribution >= 0.6 is 0 Å². The van der Waals surface area contributed by atoms with Crippen molar-refractivity contribution in [3.05, 3.63) is 70.3 Å². The smallest absolute Gasteiger partial charge is 0.135 e. The van der Waals surface area contributed by atoms with Crippen molar-refractivity contribution in [1.29, 1.82) is 0 Å². The Morgan fingerprint density at radius 3 is 2.04 bits per heavy atom. The van der Waals surface area contributed by atoms with Gasteiger partial charge in [-0.1, -0.05) is 75.2 Å². The lowest BCUT2D eigenvalue weighted by molar-refractivity contribution is -0.124. The first kappa shape index (κ1) is 22.4. The number of carbonyl (C=O) groups excluding carboxylic acids is 1. The number of Topliss-reactive ketones (excluding diaryl/α,β-unsaturated/α-hetero) is 1. The Morgan fingerprint density at radius 2 is 1.57 bits per heavy atom. The molecule has 0 radical (unpaired) electrons. The number of rotatable bonds is 7. The Labute approximate surface area is 172 Å². The van der Waals surface area contributed by atoms with Crippen LogP contribution in [-0.2, 0) is 17.6 Å². The van der Waals surface area contributed by atoms with E-state index in [4.69, 9.17) is 0 Å². The molecule has 1 atom stereocenters. The third kappa shape index (κ3) is 6.62. The van der Waals surface area contributed by atoms with Crippen LogP contribution in [0.5, 0.6) is 0 Å². The van der Waals surface area contributed by atoms with Gasteiger partial charge in [0.2, 0.25) is 0 Å². The highest BCUT2D eigenvalue weighted by Crippen LogP contribution is 2.27. The van der Waals surface area contributed by atoms with Crippen LogP contribution in [0.15, 0.2) is 42.5 Å². The molecule has 1 fully saturated rings. The Bertz CT molecular complexity index is 737. The number of benzene rings is 2. The molecule has 0 N–H and O–H groups in total. The number of aryl methyl sites for hydroxylation is 4. The molecular formula is C27H38O. The van der Waals surface area contributed by atoms with E-state index in [1.54, 1.807) is 0 Å². The van der Waals surface area contributed by atoms with E-state index in [0.29, 0.717) is 17.6 Å². The minimum Gasteiger partial charge on any atom is -0.299 e. The largest absolute Gasteiger partial charge is 0.299 e. The van der Waals surface area contributed by atoms with Gasteiger partial charge in [-0.15, -0.1) is 0 Å². The summed E-state index contributed by atoms with van der Waals surface area (Å²) in [6.45, 7) is 10.9. The van der Waals surface area contributed by atoms with Crippen LogP contribution in [0.1, 0.15) is 86.6 Å². The van der Waals surface area contributed by atoms with Gasteiger partial charge in [-0.2, -0.15) is 0 Å². The van der Waals surface area contributed by atoms with Crippen LogP contribution in [0.2, 0.25) is 0 Å². The molecule has 1 aliphatic carbocycles. The zero-order chi connectivity index (χ0) is 20.5. The maximum absolute atomic E-state index is 10.8. The first-order valence-electron chi connectivity index (χ1n) is 11.1. The summed E-state index contributed by atoms with van der Waals surface area (Å²) in [4.78, 5) is 10.8. The van der Waals surface area contributed by atoms with Crippen molar-refractivity contribution in [2.75, 3.05) is 0 Å². The normalized spacial score (nSPS) is 14.6. The predicted octanol–water partition coefficient (Wildman–Crippen LogP) is 7.37. The van der Waals surface area contributed by atoms with E-state index in [0.717, 1.165) is 32.1 Å². The molecule has 1 saturated carbocycles. The molecular weight excluding hydrogens is 340 g/mol. The van der Waals surface area contributed by atoms with Gasteiger partial charge in [0, 0.05) is 12.3 Å². The summed E-state index contributed by atoms with van der Waals surface area (Å²) in [5.41, 5.74) is 7.17. The molecule has 0 aromatic heterocycles. The first-order valence-corrected chi connectivity index (χ1v) is 11.1.